The van der Waals surface area contributed by atoms with E-state index in [2.05, 4.69) is 35.2 Å². The number of oxime groups is 1. The van der Waals surface area contributed by atoms with E-state index in [1.165, 1.54) is 0 Å². The number of likely N-dealkylation sites (tertiary alicyclic amines) is 1. The van der Waals surface area contributed by atoms with Gasteiger partial charge in [-0.1, -0.05) is 42.4 Å². The molecule has 3 rings (SSSR count). The number of hydrogen-bond donors (Lipinski definition) is 0. The molecule has 4 nitrogen and oxygen atoms in total. The smallest absolute Gasteiger partial charge is 0.145 e. The monoisotopic (exact) mass is 297 g/mol. The Balaban J connectivity index is 1.57. The Hall–Kier alpha value is -1.86. The summed E-state index contributed by atoms with van der Waals surface area (Å²) in [6, 6.07) is 12.8. The van der Waals surface area contributed by atoms with Crippen LogP contribution in [0, 0.1) is 11.3 Å². The summed E-state index contributed by atoms with van der Waals surface area (Å²) in [5, 5.41) is 13.9. The quantitative estimate of drug-likeness (QED) is 0.858. The number of hydrogen-bond acceptors (Lipinski definition) is 4. The Morgan fingerprint density at radius 2 is 2.05 bits per heavy atom. The van der Waals surface area contributed by atoms with Crippen molar-refractivity contribution in [3.8, 4) is 6.07 Å². The predicted octanol–water partition coefficient (Wildman–Crippen LogP) is 3.10. The molecule has 116 valence electrons. The minimum atomic E-state index is -0.320. The lowest BCUT2D eigenvalue weighted by Gasteiger charge is -2.38. The summed E-state index contributed by atoms with van der Waals surface area (Å²) < 4.78 is 0. The van der Waals surface area contributed by atoms with Crippen LogP contribution in [-0.4, -0.2) is 36.3 Å². The van der Waals surface area contributed by atoms with Gasteiger partial charge in [-0.05, 0) is 24.8 Å². The van der Waals surface area contributed by atoms with Gasteiger partial charge in [-0.2, -0.15) is 5.26 Å². The summed E-state index contributed by atoms with van der Waals surface area (Å²) in [6.07, 6.45) is 3.90. The van der Waals surface area contributed by atoms with Crippen LogP contribution in [-0.2, 0) is 10.3 Å². The van der Waals surface area contributed by atoms with Gasteiger partial charge in [0.05, 0.1) is 17.2 Å². The molecule has 1 atom stereocenters. The van der Waals surface area contributed by atoms with Crippen LogP contribution in [0.5, 0.6) is 0 Å². The lowest BCUT2D eigenvalue weighted by molar-refractivity contribution is 0.0421. The lowest BCUT2D eigenvalue weighted by atomic mass is 9.74. The minimum Gasteiger partial charge on any atom is -0.391 e. The summed E-state index contributed by atoms with van der Waals surface area (Å²) in [4.78, 5) is 7.92. The van der Waals surface area contributed by atoms with E-state index in [0.29, 0.717) is 0 Å². The maximum Gasteiger partial charge on any atom is 0.145 e. The van der Waals surface area contributed by atoms with Crippen molar-refractivity contribution in [3.05, 3.63) is 35.9 Å². The van der Waals surface area contributed by atoms with E-state index >= 15 is 0 Å². The summed E-state index contributed by atoms with van der Waals surface area (Å²) in [7, 11) is 0. The highest BCUT2D eigenvalue weighted by Crippen LogP contribution is 2.35. The second-order valence-corrected chi connectivity index (χ2v) is 6.30. The minimum absolute atomic E-state index is 0.196. The molecule has 22 heavy (non-hydrogen) atoms. The number of benzene rings is 1. The van der Waals surface area contributed by atoms with Crippen LogP contribution >= 0.6 is 0 Å². The van der Waals surface area contributed by atoms with E-state index in [-0.39, 0.29) is 11.5 Å². The van der Waals surface area contributed by atoms with Crippen molar-refractivity contribution in [2.45, 2.75) is 44.1 Å². The molecule has 1 unspecified atom stereocenters. The maximum absolute atomic E-state index is 9.72. The van der Waals surface area contributed by atoms with Crippen molar-refractivity contribution in [1.82, 2.24) is 4.90 Å². The molecule has 1 saturated heterocycles. The molecule has 0 bridgehead atoms. The Morgan fingerprint density at radius 3 is 2.64 bits per heavy atom. The maximum atomic E-state index is 9.72. The van der Waals surface area contributed by atoms with Crippen LogP contribution in [0.3, 0.4) is 0 Å². The summed E-state index contributed by atoms with van der Waals surface area (Å²) in [6.45, 7) is 4.93. The average molecular weight is 297 g/mol. The van der Waals surface area contributed by atoms with E-state index in [1.54, 1.807) is 0 Å². The van der Waals surface area contributed by atoms with Crippen molar-refractivity contribution >= 4 is 5.71 Å². The third kappa shape index (κ3) is 3.00. The fraction of sp³-hybridized carbons (Fsp3) is 0.556. The van der Waals surface area contributed by atoms with Gasteiger partial charge in [0.15, 0.2) is 0 Å². The molecule has 1 fully saturated rings. The first-order valence-corrected chi connectivity index (χ1v) is 8.16. The van der Waals surface area contributed by atoms with Gasteiger partial charge in [-0.15, -0.1) is 0 Å². The fourth-order valence-electron chi connectivity index (χ4n) is 3.42. The van der Waals surface area contributed by atoms with Gasteiger partial charge in [-0.3, -0.25) is 4.90 Å². The van der Waals surface area contributed by atoms with Crippen LogP contribution in [0.4, 0.5) is 0 Å². The molecule has 4 heteroatoms. The van der Waals surface area contributed by atoms with E-state index < -0.39 is 0 Å². The second kappa shape index (κ2) is 6.50. The van der Waals surface area contributed by atoms with Crippen molar-refractivity contribution < 1.29 is 4.84 Å². The summed E-state index contributed by atoms with van der Waals surface area (Å²) >= 11 is 0. The molecule has 0 amide bonds. The van der Waals surface area contributed by atoms with Crippen molar-refractivity contribution in [2.24, 2.45) is 5.16 Å². The normalized spacial score (nSPS) is 24.4. The lowest BCUT2D eigenvalue weighted by Crippen LogP contribution is -2.44. The highest BCUT2D eigenvalue weighted by atomic mass is 16.6. The van der Waals surface area contributed by atoms with Gasteiger partial charge in [-0.25, -0.2) is 0 Å². The third-order valence-corrected chi connectivity index (χ3v) is 4.91. The first kappa shape index (κ1) is 15.1. The van der Waals surface area contributed by atoms with Crippen LogP contribution < -0.4 is 0 Å². The zero-order valence-corrected chi connectivity index (χ0v) is 13.2. The molecule has 2 heterocycles. The Kier molecular flexibility index (Phi) is 4.44. The Labute approximate surface area is 132 Å². The van der Waals surface area contributed by atoms with E-state index in [0.717, 1.165) is 56.6 Å². The highest BCUT2D eigenvalue weighted by Gasteiger charge is 2.37. The second-order valence-electron chi connectivity index (χ2n) is 6.30. The van der Waals surface area contributed by atoms with Crippen molar-refractivity contribution in [2.75, 3.05) is 19.6 Å². The fourth-order valence-corrected chi connectivity index (χ4v) is 3.42. The van der Waals surface area contributed by atoms with E-state index in [4.69, 9.17) is 4.84 Å². The Bertz CT molecular complexity index is 568. The SMILES string of the molecule is CCC1=NOC(CN2CCC(C#N)(c3ccccc3)CC2)C1. The van der Waals surface area contributed by atoms with Crippen LogP contribution in [0.2, 0.25) is 0 Å². The predicted molar refractivity (Wildman–Crippen MR) is 86.6 cm³/mol. The van der Waals surface area contributed by atoms with Gasteiger partial charge >= 0.3 is 0 Å². The van der Waals surface area contributed by atoms with Crippen LogP contribution in [0.25, 0.3) is 0 Å². The zero-order chi connectivity index (χ0) is 15.4. The van der Waals surface area contributed by atoms with E-state index in [1.807, 2.05) is 18.2 Å². The molecule has 1 aromatic carbocycles. The summed E-state index contributed by atoms with van der Waals surface area (Å²) in [5.74, 6) is 0. The van der Waals surface area contributed by atoms with Gasteiger partial charge in [0.1, 0.15) is 6.10 Å². The first-order chi connectivity index (χ1) is 10.8. The summed E-state index contributed by atoms with van der Waals surface area (Å²) in [5.41, 5.74) is 2.00. The first-order valence-electron chi connectivity index (χ1n) is 8.16. The number of nitriles is 1. The number of nitrogens with zero attached hydrogens (tertiary/aromatic N) is 3. The van der Waals surface area contributed by atoms with Crippen molar-refractivity contribution in [3.63, 3.8) is 0 Å². The van der Waals surface area contributed by atoms with Gasteiger partial charge in [0.2, 0.25) is 0 Å². The highest BCUT2D eigenvalue weighted by molar-refractivity contribution is 5.85. The van der Waals surface area contributed by atoms with Crippen LogP contribution in [0.15, 0.2) is 35.5 Å². The average Bonchev–Trinajstić information content (AvgIpc) is 3.04. The molecule has 1 aromatic rings. The third-order valence-electron chi connectivity index (χ3n) is 4.91. The zero-order valence-electron chi connectivity index (χ0n) is 13.2. The molecular weight excluding hydrogens is 274 g/mol. The molecule has 0 aliphatic carbocycles. The standard InChI is InChI=1S/C18H23N3O/c1-2-16-12-17(22-20-16)13-21-10-8-18(14-19,9-11-21)15-6-4-3-5-7-15/h3-7,17H,2,8-13H2,1H3. The number of piperidine rings is 1. The number of rotatable bonds is 4. The van der Waals surface area contributed by atoms with Crippen molar-refractivity contribution in [1.29, 1.82) is 5.26 Å². The molecule has 2 aliphatic heterocycles. The molecular formula is C18H23N3O. The molecule has 0 N–H and O–H groups in total. The Morgan fingerprint density at radius 1 is 1.32 bits per heavy atom. The van der Waals surface area contributed by atoms with Crippen LogP contribution in [0.1, 0.15) is 38.2 Å². The molecule has 0 radical (unpaired) electrons. The molecule has 0 spiro atoms. The largest absolute Gasteiger partial charge is 0.391 e. The molecule has 0 aromatic heterocycles. The van der Waals surface area contributed by atoms with Gasteiger partial charge in [0, 0.05) is 26.1 Å². The van der Waals surface area contributed by atoms with E-state index in [9.17, 15) is 5.26 Å². The topological polar surface area (TPSA) is 48.6 Å². The van der Waals surface area contributed by atoms with Gasteiger partial charge in [0.25, 0.3) is 0 Å². The molecule has 2 aliphatic rings. The van der Waals surface area contributed by atoms with Gasteiger partial charge < -0.3 is 4.84 Å². The molecule has 0 saturated carbocycles.